The van der Waals surface area contributed by atoms with Crippen molar-refractivity contribution in [1.29, 1.82) is 0 Å². The molecular weight excluding hydrogens is 445 g/mol. The normalized spacial score (nSPS) is 16.0. The number of hydrogen-bond acceptors (Lipinski definition) is 8. The average molecular weight is 462 g/mol. The number of sulfonamides is 1. The summed E-state index contributed by atoms with van der Waals surface area (Å²) >= 11 is 0.811. The molecule has 12 heteroatoms. The van der Waals surface area contributed by atoms with Gasteiger partial charge in [-0.3, -0.25) is 9.29 Å². The number of nitrogens with two attached hydrogens (primary N) is 1. The van der Waals surface area contributed by atoms with Crippen molar-refractivity contribution in [3.8, 4) is 0 Å². The Bertz CT molecular complexity index is 1460. The minimum atomic E-state index is -4.28. The summed E-state index contributed by atoms with van der Waals surface area (Å²) in [7, 11) is -4.28. The van der Waals surface area contributed by atoms with E-state index in [1.807, 2.05) is 18.2 Å². The lowest BCUT2D eigenvalue weighted by molar-refractivity contribution is 0.516. The Labute approximate surface area is 179 Å². The molecule has 0 saturated carbocycles. The fourth-order valence-electron chi connectivity index (χ4n) is 3.88. The molecular formula is C19H16FN5O4S2. The minimum Gasteiger partial charge on any atom is -0.408 e. The van der Waals surface area contributed by atoms with E-state index < -0.39 is 26.5 Å². The molecule has 1 aliphatic rings. The first kappa shape index (κ1) is 19.8. The largest absolute Gasteiger partial charge is 0.420 e. The van der Waals surface area contributed by atoms with Gasteiger partial charge in [0.2, 0.25) is 5.13 Å². The van der Waals surface area contributed by atoms with Gasteiger partial charge in [-0.1, -0.05) is 18.2 Å². The van der Waals surface area contributed by atoms with Crippen LogP contribution < -0.4 is 16.2 Å². The molecule has 160 valence electrons. The highest BCUT2D eigenvalue weighted by atomic mass is 32.2. The summed E-state index contributed by atoms with van der Waals surface area (Å²) in [6.45, 7) is 0.163. The zero-order valence-electron chi connectivity index (χ0n) is 15.9. The molecule has 1 unspecified atom stereocenters. The molecule has 0 bridgehead atoms. The van der Waals surface area contributed by atoms with Gasteiger partial charge in [-0.05, 0) is 29.5 Å². The molecule has 2 aromatic heterocycles. The third-order valence-corrected chi connectivity index (χ3v) is 7.30. The van der Waals surface area contributed by atoms with Gasteiger partial charge in [0.25, 0.3) is 10.0 Å². The van der Waals surface area contributed by atoms with Crippen LogP contribution in [-0.4, -0.2) is 28.4 Å². The van der Waals surface area contributed by atoms with Gasteiger partial charge in [-0.25, -0.2) is 22.6 Å². The summed E-state index contributed by atoms with van der Waals surface area (Å²) in [6.07, 6.45) is 2.64. The number of anilines is 1. The number of oxazole rings is 1. The zero-order chi connectivity index (χ0) is 21.8. The Balaban J connectivity index is 1.55. The highest BCUT2D eigenvalue weighted by molar-refractivity contribution is 7.93. The van der Waals surface area contributed by atoms with Gasteiger partial charge in [0.05, 0.1) is 12.1 Å². The van der Waals surface area contributed by atoms with E-state index in [9.17, 15) is 17.6 Å². The molecule has 0 amide bonds. The van der Waals surface area contributed by atoms with E-state index in [4.69, 9.17) is 10.2 Å². The molecule has 3 N–H and O–H groups in total. The van der Waals surface area contributed by atoms with Gasteiger partial charge >= 0.3 is 5.76 Å². The number of hydrogen-bond donors (Lipinski definition) is 2. The van der Waals surface area contributed by atoms with Crippen molar-refractivity contribution in [3.05, 3.63) is 69.7 Å². The molecule has 0 radical (unpaired) electrons. The fourth-order valence-corrected chi connectivity index (χ4v) is 5.62. The summed E-state index contributed by atoms with van der Waals surface area (Å²) < 4.78 is 52.3. The maximum atomic E-state index is 14.8. The van der Waals surface area contributed by atoms with Crippen LogP contribution in [0.15, 0.2) is 50.8 Å². The molecule has 9 nitrogen and oxygen atoms in total. The van der Waals surface area contributed by atoms with E-state index in [1.165, 1.54) is 10.9 Å². The molecule has 0 spiro atoms. The average Bonchev–Trinajstić information content (AvgIpc) is 3.41. The number of nitrogens with zero attached hydrogens (tertiary/aromatic N) is 3. The van der Waals surface area contributed by atoms with Crippen molar-refractivity contribution in [3.63, 3.8) is 0 Å². The molecule has 0 saturated heterocycles. The summed E-state index contributed by atoms with van der Waals surface area (Å²) in [6, 6.07) is 7.80. The molecule has 2 aromatic carbocycles. The third kappa shape index (κ3) is 3.52. The number of nitrogens with one attached hydrogen (secondary N) is 1. The van der Waals surface area contributed by atoms with Gasteiger partial charge < -0.3 is 10.2 Å². The molecule has 5 rings (SSSR count). The van der Waals surface area contributed by atoms with E-state index in [0.29, 0.717) is 6.42 Å². The van der Waals surface area contributed by atoms with Crippen LogP contribution in [0.4, 0.5) is 9.52 Å². The first-order valence-corrected chi connectivity index (χ1v) is 11.5. The second-order valence-corrected chi connectivity index (χ2v) is 9.71. The molecule has 1 aliphatic carbocycles. The van der Waals surface area contributed by atoms with Crippen molar-refractivity contribution in [1.82, 2.24) is 13.9 Å². The second-order valence-electron chi connectivity index (χ2n) is 7.28. The quantitative estimate of drug-likeness (QED) is 0.463. The highest BCUT2D eigenvalue weighted by Crippen LogP contribution is 2.28. The number of rotatable bonds is 5. The molecule has 31 heavy (non-hydrogen) atoms. The maximum Gasteiger partial charge on any atom is 0.420 e. The first-order chi connectivity index (χ1) is 14.8. The van der Waals surface area contributed by atoms with E-state index in [2.05, 4.69) is 14.1 Å². The topological polar surface area (TPSA) is 133 Å². The van der Waals surface area contributed by atoms with E-state index in [0.717, 1.165) is 46.8 Å². The third-order valence-electron chi connectivity index (χ3n) is 5.24. The lowest BCUT2D eigenvalue weighted by Gasteiger charge is -2.10. The van der Waals surface area contributed by atoms with E-state index >= 15 is 0 Å². The first-order valence-electron chi connectivity index (χ1n) is 9.29. The Morgan fingerprint density at radius 2 is 2.16 bits per heavy atom. The number of aromatic nitrogens is 3. The van der Waals surface area contributed by atoms with Gasteiger partial charge in [0.1, 0.15) is 17.0 Å². The summed E-state index contributed by atoms with van der Waals surface area (Å²) in [5.41, 5.74) is 9.30. The van der Waals surface area contributed by atoms with Crippen LogP contribution in [0, 0.1) is 5.82 Å². The monoisotopic (exact) mass is 461 g/mol. The van der Waals surface area contributed by atoms with E-state index in [1.54, 1.807) is 0 Å². The van der Waals surface area contributed by atoms with Gasteiger partial charge in [0.15, 0.2) is 5.58 Å². The van der Waals surface area contributed by atoms with Gasteiger partial charge in [-0.2, -0.15) is 4.37 Å². The van der Waals surface area contributed by atoms with Crippen LogP contribution in [0.25, 0.3) is 11.1 Å². The fraction of sp³-hybridized carbons (Fsp3) is 0.211. The van der Waals surface area contributed by atoms with Crippen LogP contribution in [0.1, 0.15) is 16.7 Å². The number of benzene rings is 2. The van der Waals surface area contributed by atoms with Crippen LogP contribution in [0.2, 0.25) is 0 Å². The smallest absolute Gasteiger partial charge is 0.408 e. The number of halogens is 1. The summed E-state index contributed by atoms with van der Waals surface area (Å²) in [5, 5.41) is -0.00494. The Kier molecular flexibility index (Phi) is 4.64. The van der Waals surface area contributed by atoms with Crippen molar-refractivity contribution < 1.29 is 17.2 Å². The maximum absolute atomic E-state index is 14.8. The van der Waals surface area contributed by atoms with Crippen LogP contribution in [0.3, 0.4) is 0 Å². The Morgan fingerprint density at radius 1 is 1.32 bits per heavy atom. The standard InChI is InChI=1S/C19H16FN5O4S2/c20-14-6-15-16(7-17(14)31(27,28)24-18-22-9-23-30-18)29-19(26)25(15)8-11-3-1-2-10-4-12(21)5-13(10)11/h1-3,6-7,9,12H,4-5,8,21H2,(H,22,23,24). The Hall–Kier alpha value is -3.09. The summed E-state index contributed by atoms with van der Waals surface area (Å²) in [4.78, 5) is 15.6. The minimum absolute atomic E-state index is 0.00494. The molecule has 0 aliphatic heterocycles. The van der Waals surface area contributed by atoms with Crippen LogP contribution >= 0.6 is 11.5 Å². The highest BCUT2D eigenvalue weighted by Gasteiger charge is 2.25. The number of fused-ring (bicyclic) bond motifs is 2. The lowest BCUT2D eigenvalue weighted by Crippen LogP contribution is -2.20. The van der Waals surface area contributed by atoms with Crippen LogP contribution in [-0.2, 0) is 29.4 Å². The van der Waals surface area contributed by atoms with Crippen molar-refractivity contribution in [2.75, 3.05) is 4.72 Å². The zero-order valence-corrected chi connectivity index (χ0v) is 17.5. The molecule has 0 fully saturated rings. The molecule has 1 atom stereocenters. The second kappa shape index (κ2) is 7.25. The van der Waals surface area contributed by atoms with Crippen molar-refractivity contribution in [2.45, 2.75) is 30.3 Å². The Morgan fingerprint density at radius 3 is 2.94 bits per heavy atom. The predicted octanol–water partition coefficient (Wildman–Crippen LogP) is 1.86. The van der Waals surface area contributed by atoms with Gasteiger partial charge in [0, 0.05) is 29.7 Å². The SMILES string of the molecule is NC1Cc2cccc(Cn3c(=O)oc4cc(S(=O)(=O)Nc5ncns5)c(F)cc43)c2C1. The van der Waals surface area contributed by atoms with Gasteiger partial charge in [-0.15, -0.1) is 0 Å². The molecule has 4 aromatic rings. The summed E-state index contributed by atoms with van der Waals surface area (Å²) in [5.74, 6) is -1.72. The van der Waals surface area contributed by atoms with E-state index in [-0.39, 0.29) is 28.8 Å². The van der Waals surface area contributed by atoms with Crippen LogP contribution in [0.5, 0.6) is 0 Å². The lowest BCUT2D eigenvalue weighted by atomic mass is 10.0. The van der Waals surface area contributed by atoms with Crippen molar-refractivity contribution >= 4 is 37.8 Å². The molecule has 2 heterocycles. The van der Waals surface area contributed by atoms with Crippen molar-refractivity contribution in [2.24, 2.45) is 5.73 Å². The predicted molar refractivity (Wildman–Crippen MR) is 112 cm³/mol.